The number of carbonyl (C=O) groups excluding carboxylic acids is 1. The maximum Gasteiger partial charge on any atom is 0.324 e. The van der Waals surface area contributed by atoms with Gasteiger partial charge in [0.05, 0.1) is 0 Å². The summed E-state index contributed by atoms with van der Waals surface area (Å²) in [5.41, 5.74) is 6.83. The van der Waals surface area contributed by atoms with Crippen molar-refractivity contribution in [3.63, 3.8) is 0 Å². The molecular weight excluding hydrogens is 216 g/mol. The average Bonchev–Trinajstić information content (AvgIpc) is 2.90. The molecule has 0 unspecified atom stereocenters. The van der Waals surface area contributed by atoms with Crippen LogP contribution in [-0.4, -0.2) is 24.6 Å². The Labute approximate surface area is 101 Å². The third kappa shape index (κ3) is 3.28. The number of hydrogen-bond donors (Lipinski definition) is 2. The van der Waals surface area contributed by atoms with Gasteiger partial charge >= 0.3 is 5.97 Å². The second-order valence-corrected chi connectivity index (χ2v) is 4.32. The summed E-state index contributed by atoms with van der Waals surface area (Å²) in [4.78, 5) is 11.7. The van der Waals surface area contributed by atoms with Gasteiger partial charge in [0.1, 0.15) is 12.6 Å². The normalized spacial score (nSPS) is 21.1. The minimum absolute atomic E-state index is 0.0678. The first-order chi connectivity index (χ1) is 8.27. The number of esters is 1. The van der Waals surface area contributed by atoms with Gasteiger partial charge < -0.3 is 15.8 Å². The van der Waals surface area contributed by atoms with E-state index in [4.69, 9.17) is 10.5 Å². The number of nitrogens with one attached hydrogen (secondary N) is 1. The number of rotatable bonds is 4. The van der Waals surface area contributed by atoms with Gasteiger partial charge in [0.2, 0.25) is 0 Å². The molecule has 0 radical (unpaired) electrons. The van der Waals surface area contributed by atoms with Crippen molar-refractivity contribution in [1.29, 1.82) is 0 Å². The van der Waals surface area contributed by atoms with Crippen LogP contribution in [0.15, 0.2) is 30.3 Å². The predicted octanol–water partition coefficient (Wildman–Crippen LogP) is 0.809. The largest absolute Gasteiger partial charge is 0.460 e. The number of nitrogens with two attached hydrogens (primary N) is 1. The molecule has 17 heavy (non-hydrogen) atoms. The van der Waals surface area contributed by atoms with Crippen LogP contribution in [0, 0.1) is 0 Å². The first-order valence-electron chi connectivity index (χ1n) is 5.97. The van der Waals surface area contributed by atoms with Crippen LogP contribution in [0.3, 0.4) is 0 Å². The molecule has 0 bridgehead atoms. The highest BCUT2D eigenvalue weighted by molar-refractivity contribution is 5.76. The van der Waals surface area contributed by atoms with Gasteiger partial charge in [-0.2, -0.15) is 0 Å². The quantitative estimate of drug-likeness (QED) is 0.757. The van der Waals surface area contributed by atoms with E-state index >= 15 is 0 Å². The molecule has 4 nitrogen and oxygen atoms in total. The van der Waals surface area contributed by atoms with Gasteiger partial charge in [-0.3, -0.25) is 4.79 Å². The van der Waals surface area contributed by atoms with Crippen LogP contribution in [0.4, 0.5) is 0 Å². The SMILES string of the molecule is N[C@H](C(=O)OCc1ccccc1)[C@H]1CCCN1. The predicted molar refractivity (Wildman–Crippen MR) is 65.2 cm³/mol. The van der Waals surface area contributed by atoms with E-state index in [9.17, 15) is 4.79 Å². The van der Waals surface area contributed by atoms with Crippen molar-refractivity contribution in [2.75, 3.05) is 6.54 Å². The zero-order valence-electron chi connectivity index (χ0n) is 9.76. The molecule has 1 aromatic carbocycles. The fourth-order valence-corrected chi connectivity index (χ4v) is 2.01. The van der Waals surface area contributed by atoms with E-state index in [1.165, 1.54) is 0 Å². The van der Waals surface area contributed by atoms with Crippen molar-refractivity contribution >= 4 is 5.97 Å². The molecular formula is C13H18N2O2. The van der Waals surface area contributed by atoms with E-state index < -0.39 is 6.04 Å². The summed E-state index contributed by atoms with van der Waals surface area (Å²) >= 11 is 0. The minimum atomic E-state index is -0.554. The van der Waals surface area contributed by atoms with Gasteiger partial charge in [0.15, 0.2) is 0 Å². The summed E-state index contributed by atoms with van der Waals surface area (Å²) in [5, 5.41) is 3.21. The molecule has 2 atom stereocenters. The topological polar surface area (TPSA) is 64.4 Å². The Balaban J connectivity index is 1.80. The van der Waals surface area contributed by atoms with Crippen LogP contribution in [0.25, 0.3) is 0 Å². The van der Waals surface area contributed by atoms with Gasteiger partial charge in [-0.05, 0) is 24.9 Å². The maximum absolute atomic E-state index is 11.7. The molecule has 0 aliphatic carbocycles. The molecule has 1 fully saturated rings. The molecule has 0 saturated carbocycles. The number of carbonyl (C=O) groups is 1. The molecule has 1 aliphatic heterocycles. The summed E-state index contributed by atoms with van der Waals surface area (Å²) in [7, 11) is 0. The highest BCUT2D eigenvalue weighted by Gasteiger charge is 2.28. The fraction of sp³-hybridized carbons (Fsp3) is 0.462. The van der Waals surface area contributed by atoms with E-state index in [0.29, 0.717) is 6.61 Å². The van der Waals surface area contributed by atoms with Crippen molar-refractivity contribution in [2.24, 2.45) is 5.73 Å². The van der Waals surface area contributed by atoms with Crippen LogP contribution in [0.5, 0.6) is 0 Å². The van der Waals surface area contributed by atoms with Gasteiger partial charge in [-0.25, -0.2) is 0 Å². The van der Waals surface area contributed by atoms with Crippen LogP contribution in [0.1, 0.15) is 18.4 Å². The Bertz CT molecular complexity index is 361. The van der Waals surface area contributed by atoms with E-state index in [2.05, 4.69) is 5.32 Å². The first kappa shape index (κ1) is 12.1. The van der Waals surface area contributed by atoms with Crippen LogP contribution in [-0.2, 0) is 16.1 Å². The highest BCUT2D eigenvalue weighted by Crippen LogP contribution is 2.10. The maximum atomic E-state index is 11.7. The van der Waals surface area contributed by atoms with E-state index in [1.54, 1.807) is 0 Å². The smallest absolute Gasteiger partial charge is 0.324 e. The van der Waals surface area contributed by atoms with Crippen molar-refractivity contribution in [3.05, 3.63) is 35.9 Å². The van der Waals surface area contributed by atoms with Crippen LogP contribution in [0.2, 0.25) is 0 Å². The zero-order chi connectivity index (χ0) is 12.1. The molecule has 1 aromatic rings. The Morgan fingerprint density at radius 2 is 2.24 bits per heavy atom. The molecule has 3 N–H and O–H groups in total. The molecule has 92 valence electrons. The zero-order valence-corrected chi connectivity index (χ0v) is 9.76. The molecule has 0 aromatic heterocycles. The Morgan fingerprint density at radius 3 is 2.88 bits per heavy atom. The van der Waals surface area contributed by atoms with Gasteiger partial charge in [-0.15, -0.1) is 0 Å². The first-order valence-corrected chi connectivity index (χ1v) is 5.97. The molecule has 1 aliphatic rings. The van der Waals surface area contributed by atoms with Crippen LogP contribution < -0.4 is 11.1 Å². The number of benzene rings is 1. The van der Waals surface area contributed by atoms with Gasteiger partial charge in [-0.1, -0.05) is 30.3 Å². The van der Waals surface area contributed by atoms with Crippen molar-refractivity contribution in [3.8, 4) is 0 Å². The Morgan fingerprint density at radius 1 is 1.47 bits per heavy atom. The highest BCUT2D eigenvalue weighted by atomic mass is 16.5. The monoisotopic (exact) mass is 234 g/mol. The van der Waals surface area contributed by atoms with Crippen molar-refractivity contribution < 1.29 is 9.53 Å². The standard InChI is InChI=1S/C13H18N2O2/c14-12(11-7-4-8-15-11)13(16)17-9-10-5-2-1-3-6-10/h1-3,5-6,11-12,15H,4,7-9,14H2/t11-,12+/m1/s1. The number of hydrogen-bond acceptors (Lipinski definition) is 4. The summed E-state index contributed by atoms with van der Waals surface area (Å²) in [6.07, 6.45) is 2.02. The van der Waals surface area contributed by atoms with Crippen molar-refractivity contribution in [2.45, 2.75) is 31.5 Å². The molecule has 1 heterocycles. The second kappa shape index (κ2) is 5.80. The third-order valence-electron chi connectivity index (χ3n) is 3.03. The van der Waals surface area contributed by atoms with E-state index in [0.717, 1.165) is 24.9 Å². The summed E-state index contributed by atoms with van der Waals surface area (Å²) in [5.74, 6) is -0.326. The lowest BCUT2D eigenvalue weighted by Gasteiger charge is -2.17. The third-order valence-corrected chi connectivity index (χ3v) is 3.03. The summed E-state index contributed by atoms with van der Waals surface area (Å²) in [6.45, 7) is 1.23. The average molecular weight is 234 g/mol. The van der Waals surface area contributed by atoms with Crippen LogP contribution >= 0.6 is 0 Å². The second-order valence-electron chi connectivity index (χ2n) is 4.32. The molecule has 0 amide bonds. The van der Waals surface area contributed by atoms with Crippen molar-refractivity contribution in [1.82, 2.24) is 5.32 Å². The summed E-state index contributed by atoms with van der Waals surface area (Å²) < 4.78 is 5.20. The van der Waals surface area contributed by atoms with Gasteiger partial charge in [0, 0.05) is 6.04 Å². The summed E-state index contributed by atoms with van der Waals surface area (Å²) in [6, 6.07) is 9.13. The van der Waals surface area contributed by atoms with E-state index in [1.807, 2.05) is 30.3 Å². The molecule has 1 saturated heterocycles. The molecule has 0 spiro atoms. The Kier molecular flexibility index (Phi) is 4.12. The van der Waals surface area contributed by atoms with E-state index in [-0.39, 0.29) is 12.0 Å². The van der Waals surface area contributed by atoms with Gasteiger partial charge in [0.25, 0.3) is 0 Å². The number of ether oxygens (including phenoxy) is 1. The minimum Gasteiger partial charge on any atom is -0.460 e. The molecule has 2 rings (SSSR count). The lowest BCUT2D eigenvalue weighted by molar-refractivity contribution is -0.147. The Hall–Kier alpha value is -1.39. The lowest BCUT2D eigenvalue weighted by atomic mass is 10.1. The molecule has 4 heteroatoms. The fourth-order valence-electron chi connectivity index (χ4n) is 2.01. The lowest BCUT2D eigenvalue weighted by Crippen LogP contribution is -2.47.